The molecule has 2 saturated heterocycles. The van der Waals surface area contributed by atoms with Crippen LogP contribution < -0.4 is 73.1 Å². The number of phenolic OH excluding ortho intramolecular Hbond substituents is 3. The number of aliphatic hydroxyl groups excluding tert-OH is 6. The number of unbranched alkanes of at least 4 members (excludes halogenated alkanes) is 7. The molecule has 5 aromatic carbocycles. The number of hydrogen-bond acceptors (Lipinski definition) is 28. The van der Waals surface area contributed by atoms with Crippen LogP contribution in [0.1, 0.15) is 169 Å². The number of aliphatic hydroxyl groups is 6. The molecule has 1 unspecified atom stereocenters. The van der Waals surface area contributed by atoms with E-state index in [1.165, 1.54) is 75.5 Å². The maximum atomic E-state index is 16.3. The van der Waals surface area contributed by atoms with Gasteiger partial charge in [-0.25, -0.2) is 4.79 Å². The molecule has 12 rings (SSSR count). The molecule has 7 aliphatic rings. The smallest absolute Gasteiger partial charge is 0.339 e. The average molecular weight is 1720 g/mol. The lowest BCUT2D eigenvalue weighted by Crippen LogP contribution is -2.65. The minimum Gasteiger partial charge on any atom is -0.507 e. The number of primary amides is 1. The summed E-state index contributed by atoms with van der Waals surface area (Å²) in [6, 6.07) is -0.507. The predicted molar refractivity (Wildman–Crippen MR) is 427 cm³/mol. The molecule has 656 valence electrons. The fourth-order valence-corrected chi connectivity index (χ4v) is 15.7. The Bertz CT molecular complexity index is 4570. The molecule has 0 aromatic heterocycles. The van der Waals surface area contributed by atoms with Crippen molar-refractivity contribution >= 4 is 66.5 Å². The fraction of sp³-hybridized carbons (Fsp3) is 0.525. The second-order valence-electron chi connectivity index (χ2n) is 31.2. The summed E-state index contributed by atoms with van der Waals surface area (Å²) in [5.41, 5.74) is 0.813. The number of phenols is 3. The lowest BCUT2D eigenvalue weighted by molar-refractivity contribution is -0.334. The number of carboxylic acids is 1. The number of nitrogens with one attached hydrogen (secondary N) is 10. The van der Waals surface area contributed by atoms with Crippen molar-refractivity contribution < 1.29 is 132 Å². The first kappa shape index (κ1) is 92.9. The second kappa shape index (κ2) is 41.0. The molecule has 18 atom stereocenters. The summed E-state index contributed by atoms with van der Waals surface area (Å²) in [7, 11) is -3.37. The summed E-state index contributed by atoms with van der Waals surface area (Å²) < 4.78 is 51.4. The van der Waals surface area contributed by atoms with Crippen LogP contribution >= 0.6 is 19.2 Å². The van der Waals surface area contributed by atoms with Gasteiger partial charge < -0.3 is 148 Å². The van der Waals surface area contributed by atoms with Gasteiger partial charge in [-0.15, -0.1) is 0 Å². The third-order valence-electron chi connectivity index (χ3n) is 21.6. The Balaban J connectivity index is 1.16. The number of fused-ring (bicyclic) bond motifs is 15. The summed E-state index contributed by atoms with van der Waals surface area (Å²) in [6.45, 7) is 9.06. The monoisotopic (exact) mass is 1720 g/mol. The van der Waals surface area contributed by atoms with Crippen molar-refractivity contribution in [2.24, 2.45) is 11.7 Å². The van der Waals surface area contributed by atoms with Crippen LogP contribution in [0.2, 0.25) is 5.02 Å². The normalized spacial score (nSPS) is 26.8. The molecule has 0 radical (unpaired) electrons. The highest BCUT2D eigenvalue weighted by molar-refractivity contribution is 7.51. The van der Waals surface area contributed by atoms with E-state index in [-0.39, 0.29) is 46.4 Å². The van der Waals surface area contributed by atoms with E-state index in [1.807, 2.05) is 13.8 Å². The minimum absolute atomic E-state index is 0.115. The quantitative estimate of drug-likeness (QED) is 0.0231. The topological polar surface area (TPSA) is 598 Å². The highest BCUT2D eigenvalue weighted by Gasteiger charge is 2.52. The van der Waals surface area contributed by atoms with Crippen LogP contribution in [0.3, 0.4) is 0 Å². The maximum absolute atomic E-state index is 16.3. The highest BCUT2D eigenvalue weighted by atomic mass is 35.5. The van der Waals surface area contributed by atoms with Gasteiger partial charge in [0, 0.05) is 48.3 Å². The Morgan fingerprint density at radius 3 is 2.01 bits per heavy atom. The third kappa shape index (κ3) is 22.6. The number of aromatic hydroxyl groups is 3. The number of halogens is 1. The van der Waals surface area contributed by atoms with Gasteiger partial charge in [0.15, 0.2) is 29.9 Å². The third-order valence-corrected chi connectivity index (χ3v) is 22.5. The standard InChI is InChI=1S/C80H107ClN11O27P/c1-7-8-9-10-11-12-13-14-23-84-24-25-86-80(5)33-57(114-38(4)71(80)102)118-70-68(101)67(100)55(35-93)117-79(70)119-69-53-29-42-30-54(69)116-52-22-18-41(28-47(52)81)65(98)63(91-72(103)48(83-6)26-37(2)3)76(107)87-49(32-56(82)96)73(104)88-60(42)75(106)89-59-40-17-21-50(94)44(27-40)58-45(31-51(95)46(66(58)99)34-85-36-120(111,112)113)61(78(109)110)90-77(108)62(92-74(59)105)64(97)39-15-19-43(115-53)20-16-39/h15-22,27-31,37-38,48-49,55,57,59-65,67-68,70-71,79,83-86,93-95,97-102H,7-14,23-26,32-36H2,1-6H3,(H2,82,96)(H,87,107)(H,88,104)(H,89,106)(H,90,108)(H,91,103)(H,92,105)(H,109,110)(H2,111,112,113)/t38-,48+,49-,55+,57-,59+,60+,61-,62-,63?,64+,65+,67+,68-,70+,71+,79-,80-/m0/s1. The molecule has 7 aliphatic heterocycles. The fourth-order valence-electron chi connectivity index (χ4n) is 15.1. The summed E-state index contributed by atoms with van der Waals surface area (Å²) >= 11 is 7.16. The summed E-state index contributed by atoms with van der Waals surface area (Å²) in [6.07, 6.45) is -10.2. The Hall–Kier alpha value is -9.42. The second-order valence-corrected chi connectivity index (χ2v) is 33.2. The molecule has 40 heteroatoms. The van der Waals surface area contributed by atoms with Gasteiger partial charge in [0.1, 0.15) is 89.5 Å². The van der Waals surface area contributed by atoms with E-state index in [1.54, 1.807) is 13.8 Å². The van der Waals surface area contributed by atoms with Crippen molar-refractivity contribution in [2.75, 3.05) is 39.6 Å². The molecule has 38 nitrogen and oxygen atoms in total. The zero-order chi connectivity index (χ0) is 87.4. The molecular weight excluding hydrogens is 1610 g/mol. The number of carboxylic acid groups (broad SMARTS) is 1. The average Bonchev–Trinajstić information content (AvgIpc) is 0.753. The molecule has 0 spiro atoms. The Morgan fingerprint density at radius 1 is 0.708 bits per heavy atom. The van der Waals surface area contributed by atoms with Crippen molar-refractivity contribution in [3.05, 3.63) is 117 Å². The van der Waals surface area contributed by atoms with Crippen LogP contribution in [-0.2, 0) is 63.7 Å². The number of carbonyl (C=O) groups is 8. The van der Waals surface area contributed by atoms with Crippen molar-refractivity contribution in [2.45, 2.75) is 221 Å². The van der Waals surface area contributed by atoms with Gasteiger partial charge >= 0.3 is 13.6 Å². The molecule has 5 aromatic rings. The Kier molecular flexibility index (Phi) is 31.7. The summed E-state index contributed by atoms with van der Waals surface area (Å²) in [5, 5.41) is 144. The number of carbonyl (C=O) groups excluding carboxylic acids is 7. The predicted octanol–water partition coefficient (Wildman–Crippen LogP) is 2.04. The number of nitrogens with two attached hydrogens (primary N) is 1. The van der Waals surface area contributed by atoms with Crippen LogP contribution in [0, 0.1) is 5.92 Å². The number of likely N-dealkylation sites (N-methyl/N-ethyl adjacent to an activating group) is 1. The van der Waals surface area contributed by atoms with Gasteiger partial charge in [-0.2, -0.15) is 0 Å². The lowest BCUT2D eigenvalue weighted by Gasteiger charge is -2.48. The van der Waals surface area contributed by atoms with E-state index in [0.29, 0.717) is 13.1 Å². The molecule has 7 amide bonds. The first-order valence-electron chi connectivity index (χ1n) is 39.6. The number of rotatable bonds is 30. The zero-order valence-electron chi connectivity index (χ0n) is 66.8. The van der Waals surface area contributed by atoms with E-state index >= 15 is 19.2 Å². The molecule has 24 N–H and O–H groups in total. The van der Waals surface area contributed by atoms with Gasteiger partial charge in [0.2, 0.25) is 53.4 Å². The van der Waals surface area contributed by atoms with Crippen LogP contribution in [0.5, 0.6) is 46.0 Å². The van der Waals surface area contributed by atoms with Crippen LogP contribution in [0.4, 0.5) is 0 Å². The van der Waals surface area contributed by atoms with Crippen LogP contribution in [-0.4, -0.2) is 227 Å². The van der Waals surface area contributed by atoms with Crippen molar-refractivity contribution in [1.29, 1.82) is 0 Å². The highest BCUT2D eigenvalue weighted by Crippen LogP contribution is 2.50. The molecule has 0 saturated carbocycles. The SMILES string of the molecule is CCCCCCCCCCNCCN[C@@]1(C)C[C@H](O[C@H]2[C@H](Oc3c4cc5cc3Oc3ccc(cc3Cl)[C@@H](O)C(NC(=O)[C@@H](CC(C)C)NC)C(=O)N[C@@H](CC(N)=O)C(=O)N[C@H]5C(=O)N[C@H]3C(=O)N[C@H](C(=O)N[C@H](C(=O)O)c5cc(O)c(CNCP(=O)(O)O)c(O)c5-c5cc3ccc5O)[C@H](O)c3ccc(cc3)O4)O[C@H](CO)[C@@H](O)[C@@H]2O)O[C@@H](C)[C@H]1O. The van der Waals surface area contributed by atoms with E-state index in [9.17, 15) is 84.6 Å². The molecule has 11 bridgehead atoms. The van der Waals surface area contributed by atoms with Gasteiger partial charge in [-0.05, 0) is 123 Å². The molecule has 2 fully saturated rings. The van der Waals surface area contributed by atoms with E-state index < -0.39 is 258 Å². The van der Waals surface area contributed by atoms with Gasteiger partial charge in [0.25, 0.3) is 0 Å². The zero-order valence-corrected chi connectivity index (χ0v) is 68.5. The number of hydrogen-bond donors (Lipinski definition) is 23. The molecule has 7 heterocycles. The number of ether oxygens (including phenoxy) is 6. The molecule has 0 aliphatic carbocycles. The van der Waals surface area contributed by atoms with Crippen molar-refractivity contribution in [3.63, 3.8) is 0 Å². The maximum Gasteiger partial charge on any atom is 0.339 e. The summed E-state index contributed by atoms with van der Waals surface area (Å²) in [5.74, 6) is -16.5. The largest absolute Gasteiger partial charge is 0.507 e. The first-order valence-corrected chi connectivity index (χ1v) is 41.8. The van der Waals surface area contributed by atoms with E-state index in [2.05, 4.69) is 60.1 Å². The minimum atomic E-state index is -4.84. The summed E-state index contributed by atoms with van der Waals surface area (Å²) in [4.78, 5) is 138. The van der Waals surface area contributed by atoms with Crippen molar-refractivity contribution in [1.82, 2.24) is 53.2 Å². The molecule has 120 heavy (non-hydrogen) atoms. The van der Waals surface area contributed by atoms with Gasteiger partial charge in [-0.3, -0.25) is 38.1 Å². The molecular formula is C80H107ClN11O27P. The van der Waals surface area contributed by atoms with Crippen molar-refractivity contribution in [3.8, 4) is 57.1 Å². The number of amides is 7. The van der Waals surface area contributed by atoms with Gasteiger partial charge in [-0.1, -0.05) is 102 Å². The Morgan fingerprint density at radius 2 is 1.36 bits per heavy atom. The Labute approximate surface area is 695 Å². The van der Waals surface area contributed by atoms with E-state index in [4.69, 9.17) is 45.8 Å². The first-order chi connectivity index (χ1) is 56.9. The number of benzene rings is 5. The van der Waals surface area contributed by atoms with Gasteiger partial charge in [0.05, 0.1) is 48.1 Å². The lowest BCUT2D eigenvalue weighted by atomic mass is 9.85. The van der Waals surface area contributed by atoms with E-state index in [0.717, 1.165) is 68.3 Å². The van der Waals surface area contributed by atoms with Crippen LogP contribution in [0.25, 0.3) is 11.1 Å². The van der Waals surface area contributed by atoms with Crippen LogP contribution in [0.15, 0.2) is 78.9 Å². The number of aliphatic carboxylic acids is 1.